The molecule has 2 aromatic heterocycles. The first-order chi connectivity index (χ1) is 9.28. The van der Waals surface area contributed by atoms with Crippen LogP contribution in [0.5, 0.6) is 0 Å². The molecule has 1 aliphatic rings. The molecule has 0 bridgehead atoms. The van der Waals surface area contributed by atoms with Crippen molar-refractivity contribution in [2.75, 3.05) is 19.6 Å². The molecule has 0 radical (unpaired) electrons. The number of fused-ring (bicyclic) bond motifs is 1. The quantitative estimate of drug-likeness (QED) is 0.814. The number of likely N-dealkylation sites (tertiary alicyclic amines) is 1. The fraction of sp³-hybridized carbons (Fsp3) is 0.500. The highest BCUT2D eigenvalue weighted by atomic mass is 16.1. The van der Waals surface area contributed by atoms with Crippen LogP contribution in [0.2, 0.25) is 0 Å². The fourth-order valence-electron chi connectivity index (χ4n) is 2.71. The zero-order chi connectivity index (χ0) is 13.2. The van der Waals surface area contributed by atoms with Crippen LogP contribution in [0.25, 0.3) is 5.65 Å². The fourth-order valence-corrected chi connectivity index (χ4v) is 2.71. The van der Waals surface area contributed by atoms with Crippen molar-refractivity contribution in [2.45, 2.75) is 25.7 Å². The molecule has 3 heterocycles. The molecule has 5 heteroatoms. The van der Waals surface area contributed by atoms with Crippen LogP contribution in [0.4, 0.5) is 0 Å². The number of rotatable bonds is 2. The van der Waals surface area contributed by atoms with Gasteiger partial charge in [0.2, 0.25) is 0 Å². The Morgan fingerprint density at radius 2 is 2.11 bits per heavy atom. The van der Waals surface area contributed by atoms with Crippen molar-refractivity contribution in [1.29, 1.82) is 0 Å². The molecule has 0 unspecified atom stereocenters. The van der Waals surface area contributed by atoms with Crippen molar-refractivity contribution in [2.24, 2.45) is 0 Å². The van der Waals surface area contributed by atoms with Crippen LogP contribution < -0.4 is 5.56 Å². The first-order valence-corrected chi connectivity index (χ1v) is 6.83. The summed E-state index contributed by atoms with van der Waals surface area (Å²) in [5, 5.41) is 0. The summed E-state index contributed by atoms with van der Waals surface area (Å²) in [5.41, 5.74) is 1.58. The van der Waals surface area contributed by atoms with Gasteiger partial charge in [-0.3, -0.25) is 14.2 Å². The number of hydrogen-bond acceptors (Lipinski definition) is 4. The molecular formula is C14H18N4O. The molecule has 0 aliphatic carbocycles. The molecule has 1 fully saturated rings. The maximum atomic E-state index is 11.8. The van der Waals surface area contributed by atoms with E-state index in [9.17, 15) is 4.79 Å². The lowest BCUT2D eigenvalue weighted by Gasteiger charge is -2.30. The third-order valence-corrected chi connectivity index (χ3v) is 3.95. The first-order valence-electron chi connectivity index (χ1n) is 6.83. The van der Waals surface area contributed by atoms with E-state index < -0.39 is 0 Å². The van der Waals surface area contributed by atoms with E-state index in [4.69, 9.17) is 0 Å². The van der Waals surface area contributed by atoms with Crippen molar-refractivity contribution >= 4 is 5.65 Å². The standard InChI is InChI=1S/C14H18N4O/c1-2-17-7-4-11(5-8-17)12-10-18-13(9-16-12)15-6-3-14(18)19/h3,6,9-11H,2,4-5,7-8H2,1H3. The first kappa shape index (κ1) is 12.3. The van der Waals surface area contributed by atoms with E-state index in [1.165, 1.54) is 12.3 Å². The topological polar surface area (TPSA) is 50.5 Å². The molecule has 19 heavy (non-hydrogen) atoms. The summed E-state index contributed by atoms with van der Waals surface area (Å²) in [7, 11) is 0. The van der Waals surface area contributed by atoms with Crippen LogP contribution in [-0.2, 0) is 0 Å². The molecule has 1 saturated heterocycles. The van der Waals surface area contributed by atoms with Crippen molar-refractivity contribution in [1.82, 2.24) is 19.3 Å². The Morgan fingerprint density at radius 3 is 2.84 bits per heavy atom. The maximum Gasteiger partial charge on any atom is 0.257 e. The molecule has 100 valence electrons. The summed E-state index contributed by atoms with van der Waals surface area (Å²) in [6.07, 6.45) is 7.31. The van der Waals surface area contributed by atoms with Crippen LogP contribution in [0, 0.1) is 0 Å². The molecule has 2 aromatic rings. The predicted molar refractivity (Wildman–Crippen MR) is 73.3 cm³/mol. The maximum absolute atomic E-state index is 11.8. The van der Waals surface area contributed by atoms with Gasteiger partial charge in [0.15, 0.2) is 5.65 Å². The lowest BCUT2D eigenvalue weighted by Crippen LogP contribution is -2.33. The molecule has 0 saturated carbocycles. The van der Waals surface area contributed by atoms with Gasteiger partial charge in [0.1, 0.15) is 0 Å². The van der Waals surface area contributed by atoms with Crippen LogP contribution in [0.3, 0.4) is 0 Å². The third kappa shape index (κ3) is 2.38. The second-order valence-electron chi connectivity index (χ2n) is 5.03. The number of piperidine rings is 1. The third-order valence-electron chi connectivity index (χ3n) is 3.95. The van der Waals surface area contributed by atoms with E-state index in [1.54, 1.807) is 10.6 Å². The van der Waals surface area contributed by atoms with Crippen molar-refractivity contribution in [3.05, 3.63) is 40.7 Å². The van der Waals surface area contributed by atoms with E-state index in [0.717, 1.165) is 38.2 Å². The van der Waals surface area contributed by atoms with Crippen molar-refractivity contribution in [3.63, 3.8) is 0 Å². The summed E-state index contributed by atoms with van der Waals surface area (Å²) in [6, 6.07) is 1.48. The lowest BCUT2D eigenvalue weighted by atomic mass is 9.94. The zero-order valence-electron chi connectivity index (χ0n) is 11.1. The molecular weight excluding hydrogens is 240 g/mol. The monoisotopic (exact) mass is 258 g/mol. The average Bonchev–Trinajstić information content (AvgIpc) is 2.47. The van der Waals surface area contributed by atoms with Crippen LogP contribution >= 0.6 is 0 Å². The Bertz CT molecular complexity index is 629. The molecule has 0 N–H and O–H groups in total. The Balaban J connectivity index is 1.90. The normalized spacial score (nSPS) is 17.9. The summed E-state index contributed by atoms with van der Waals surface area (Å²) < 4.78 is 1.59. The van der Waals surface area contributed by atoms with E-state index in [2.05, 4.69) is 21.8 Å². The predicted octanol–water partition coefficient (Wildman–Crippen LogP) is 1.29. The van der Waals surface area contributed by atoms with Crippen molar-refractivity contribution < 1.29 is 0 Å². The van der Waals surface area contributed by atoms with E-state index >= 15 is 0 Å². The molecule has 1 aliphatic heterocycles. The highest BCUT2D eigenvalue weighted by Crippen LogP contribution is 2.26. The minimum absolute atomic E-state index is 0.0420. The molecule has 0 spiro atoms. The summed E-state index contributed by atoms with van der Waals surface area (Å²) in [4.78, 5) is 22.9. The second-order valence-corrected chi connectivity index (χ2v) is 5.03. The number of aromatic nitrogens is 3. The molecule has 0 amide bonds. The van der Waals surface area contributed by atoms with E-state index in [1.807, 2.05) is 6.20 Å². The van der Waals surface area contributed by atoms with Gasteiger partial charge in [-0.1, -0.05) is 6.92 Å². The van der Waals surface area contributed by atoms with Gasteiger partial charge >= 0.3 is 0 Å². The zero-order valence-corrected chi connectivity index (χ0v) is 11.1. The highest BCUT2D eigenvalue weighted by molar-refractivity contribution is 5.34. The molecule has 5 nitrogen and oxygen atoms in total. The van der Waals surface area contributed by atoms with Gasteiger partial charge in [-0.2, -0.15) is 0 Å². The average molecular weight is 258 g/mol. The molecule has 0 atom stereocenters. The highest BCUT2D eigenvalue weighted by Gasteiger charge is 2.21. The Hall–Kier alpha value is -1.75. The van der Waals surface area contributed by atoms with Crippen LogP contribution in [-0.4, -0.2) is 38.9 Å². The SMILES string of the molecule is CCN1CCC(c2cn3c(=O)ccnc3cn2)CC1. The minimum Gasteiger partial charge on any atom is -0.304 e. The van der Waals surface area contributed by atoms with Gasteiger partial charge in [-0.05, 0) is 32.5 Å². The lowest BCUT2D eigenvalue weighted by molar-refractivity contribution is 0.220. The molecule has 0 aromatic carbocycles. The summed E-state index contributed by atoms with van der Waals surface area (Å²) >= 11 is 0. The Morgan fingerprint density at radius 1 is 1.32 bits per heavy atom. The van der Waals surface area contributed by atoms with Gasteiger partial charge in [-0.15, -0.1) is 0 Å². The van der Waals surface area contributed by atoms with Gasteiger partial charge < -0.3 is 4.90 Å². The smallest absolute Gasteiger partial charge is 0.257 e. The summed E-state index contributed by atoms with van der Waals surface area (Å²) in [5.74, 6) is 0.458. The van der Waals surface area contributed by atoms with Crippen LogP contribution in [0.15, 0.2) is 29.5 Å². The van der Waals surface area contributed by atoms with E-state index in [0.29, 0.717) is 11.6 Å². The largest absolute Gasteiger partial charge is 0.304 e. The van der Waals surface area contributed by atoms with Gasteiger partial charge in [0.25, 0.3) is 5.56 Å². The number of hydrogen-bond donors (Lipinski definition) is 0. The van der Waals surface area contributed by atoms with Crippen LogP contribution in [0.1, 0.15) is 31.4 Å². The van der Waals surface area contributed by atoms with Gasteiger partial charge in [-0.25, -0.2) is 4.98 Å². The van der Waals surface area contributed by atoms with E-state index in [-0.39, 0.29) is 5.56 Å². The van der Waals surface area contributed by atoms with Gasteiger partial charge in [0.05, 0.1) is 11.9 Å². The minimum atomic E-state index is -0.0420. The van der Waals surface area contributed by atoms with Crippen molar-refractivity contribution in [3.8, 4) is 0 Å². The Labute approximate surface area is 111 Å². The second kappa shape index (κ2) is 5.09. The Kier molecular flexibility index (Phi) is 3.29. The summed E-state index contributed by atoms with van der Waals surface area (Å²) in [6.45, 7) is 5.53. The van der Waals surface area contributed by atoms with Gasteiger partial charge in [0, 0.05) is 24.4 Å². The molecule has 3 rings (SSSR count). The number of nitrogens with zero attached hydrogens (tertiary/aromatic N) is 4.